The number of halogens is 1. The van der Waals surface area contributed by atoms with Crippen LogP contribution in [0.3, 0.4) is 0 Å². The van der Waals surface area contributed by atoms with Gasteiger partial charge in [-0.15, -0.1) is 11.6 Å². The van der Waals surface area contributed by atoms with E-state index in [9.17, 15) is 4.79 Å². The maximum Gasteiger partial charge on any atom is 0.166 e. The van der Waals surface area contributed by atoms with Crippen LogP contribution in [0.15, 0.2) is 6.07 Å². The Morgan fingerprint density at radius 3 is 2.75 bits per heavy atom. The number of carbonyl (C=O) groups is 1. The molecule has 2 heteroatoms. The lowest BCUT2D eigenvalue weighted by atomic mass is 9.92. The van der Waals surface area contributed by atoms with Gasteiger partial charge in [-0.1, -0.05) is 13.0 Å². The van der Waals surface area contributed by atoms with E-state index >= 15 is 0 Å². The quantitative estimate of drug-likeness (QED) is 0.719. The van der Waals surface area contributed by atoms with Gasteiger partial charge < -0.3 is 0 Å². The van der Waals surface area contributed by atoms with Crippen molar-refractivity contribution in [3.8, 4) is 0 Å². The Bertz CT molecular complexity index is 449. The van der Waals surface area contributed by atoms with E-state index in [1.54, 1.807) is 0 Å². The van der Waals surface area contributed by atoms with Crippen molar-refractivity contribution in [3.05, 3.63) is 33.9 Å². The number of rotatable bonds is 2. The van der Waals surface area contributed by atoms with E-state index < -0.39 is 0 Å². The average Bonchev–Trinajstić information content (AvgIpc) is 2.49. The molecule has 1 aromatic rings. The molecule has 1 atom stereocenters. The summed E-state index contributed by atoms with van der Waals surface area (Å²) < 4.78 is 0. The van der Waals surface area contributed by atoms with Crippen molar-refractivity contribution in [2.75, 3.05) is 5.88 Å². The zero-order valence-electron chi connectivity index (χ0n) is 10.1. The first-order valence-electron chi connectivity index (χ1n) is 5.78. The zero-order chi connectivity index (χ0) is 11.9. The summed E-state index contributed by atoms with van der Waals surface area (Å²) in [6.45, 7) is 6.19. The molecule has 16 heavy (non-hydrogen) atoms. The molecule has 0 fully saturated rings. The van der Waals surface area contributed by atoms with Crippen molar-refractivity contribution in [3.63, 3.8) is 0 Å². The molecule has 1 aliphatic carbocycles. The number of hydrogen-bond acceptors (Lipinski definition) is 1. The molecule has 0 heterocycles. The molecule has 1 nitrogen and oxygen atoms in total. The Hall–Kier alpha value is -0.820. The molecule has 86 valence electrons. The SMILES string of the molecule is Cc1cc2c(c(C)c1CCCl)C(=O)[C@H](C)C2. The smallest absolute Gasteiger partial charge is 0.166 e. The van der Waals surface area contributed by atoms with E-state index in [4.69, 9.17) is 11.6 Å². The van der Waals surface area contributed by atoms with Crippen LogP contribution in [0.25, 0.3) is 0 Å². The summed E-state index contributed by atoms with van der Waals surface area (Å²) in [5, 5.41) is 0. The summed E-state index contributed by atoms with van der Waals surface area (Å²) in [4.78, 5) is 12.1. The van der Waals surface area contributed by atoms with Crippen molar-refractivity contribution in [1.29, 1.82) is 0 Å². The van der Waals surface area contributed by atoms with Crippen LogP contribution in [-0.2, 0) is 12.8 Å². The standard InChI is InChI=1S/C14H17ClO/c1-8-6-11-7-9(2)14(16)13(11)10(3)12(8)4-5-15/h6,9H,4-5,7H2,1-3H3/t9-/m1/s1. The molecular weight excluding hydrogens is 220 g/mol. The van der Waals surface area contributed by atoms with Gasteiger partial charge in [-0.05, 0) is 48.9 Å². The molecule has 1 aliphatic rings. The first-order valence-corrected chi connectivity index (χ1v) is 6.31. The van der Waals surface area contributed by atoms with Gasteiger partial charge in [-0.3, -0.25) is 4.79 Å². The summed E-state index contributed by atoms with van der Waals surface area (Å²) in [6, 6.07) is 2.17. The van der Waals surface area contributed by atoms with Gasteiger partial charge in [-0.2, -0.15) is 0 Å². The van der Waals surface area contributed by atoms with Gasteiger partial charge >= 0.3 is 0 Å². The molecule has 1 aromatic carbocycles. The topological polar surface area (TPSA) is 17.1 Å². The molecule has 0 saturated carbocycles. The monoisotopic (exact) mass is 236 g/mol. The normalized spacial score (nSPS) is 19.0. The zero-order valence-corrected chi connectivity index (χ0v) is 10.8. The molecule has 0 bridgehead atoms. The number of hydrogen-bond donors (Lipinski definition) is 0. The average molecular weight is 237 g/mol. The van der Waals surface area contributed by atoms with Gasteiger partial charge in [0.05, 0.1) is 0 Å². The highest BCUT2D eigenvalue weighted by Gasteiger charge is 2.29. The van der Waals surface area contributed by atoms with Crippen LogP contribution in [0, 0.1) is 19.8 Å². The maximum absolute atomic E-state index is 12.1. The molecule has 0 unspecified atom stereocenters. The van der Waals surface area contributed by atoms with Crippen LogP contribution in [0.5, 0.6) is 0 Å². The summed E-state index contributed by atoms with van der Waals surface area (Å²) >= 11 is 5.81. The third-order valence-electron chi connectivity index (χ3n) is 3.58. The minimum absolute atomic E-state index is 0.152. The Kier molecular flexibility index (Phi) is 3.07. The van der Waals surface area contributed by atoms with Gasteiger partial charge in [0, 0.05) is 17.4 Å². The summed E-state index contributed by atoms with van der Waals surface area (Å²) in [5.74, 6) is 1.08. The second-order valence-electron chi connectivity index (χ2n) is 4.74. The third-order valence-corrected chi connectivity index (χ3v) is 3.77. The molecule has 0 radical (unpaired) electrons. The number of Topliss-reactive ketones (excluding diaryl/α,β-unsaturated/α-hetero) is 1. The second-order valence-corrected chi connectivity index (χ2v) is 5.12. The van der Waals surface area contributed by atoms with Gasteiger partial charge in [0.15, 0.2) is 5.78 Å². The van der Waals surface area contributed by atoms with Gasteiger partial charge in [0.25, 0.3) is 0 Å². The van der Waals surface area contributed by atoms with Crippen molar-refractivity contribution in [2.24, 2.45) is 5.92 Å². The Balaban J connectivity index is 2.59. The van der Waals surface area contributed by atoms with Crippen LogP contribution in [0.2, 0.25) is 0 Å². The van der Waals surface area contributed by atoms with Crippen LogP contribution in [0.4, 0.5) is 0 Å². The lowest BCUT2D eigenvalue weighted by molar-refractivity contribution is 0.0945. The number of carbonyl (C=O) groups excluding carboxylic acids is 1. The highest BCUT2D eigenvalue weighted by atomic mass is 35.5. The lowest BCUT2D eigenvalue weighted by Gasteiger charge is -2.12. The molecule has 0 amide bonds. The van der Waals surface area contributed by atoms with Crippen molar-refractivity contribution < 1.29 is 4.79 Å². The lowest BCUT2D eigenvalue weighted by Crippen LogP contribution is -2.07. The van der Waals surface area contributed by atoms with E-state index in [1.807, 2.05) is 6.92 Å². The highest BCUT2D eigenvalue weighted by Crippen LogP contribution is 2.32. The number of ketones is 1. The molecule has 0 aliphatic heterocycles. The van der Waals surface area contributed by atoms with Gasteiger partial charge in [-0.25, -0.2) is 0 Å². The fraction of sp³-hybridized carbons (Fsp3) is 0.500. The molecule has 0 spiro atoms. The van der Waals surface area contributed by atoms with Crippen molar-refractivity contribution in [2.45, 2.75) is 33.6 Å². The summed E-state index contributed by atoms with van der Waals surface area (Å²) in [6.07, 6.45) is 1.76. The molecule has 0 aromatic heterocycles. The fourth-order valence-electron chi connectivity index (χ4n) is 2.76. The van der Waals surface area contributed by atoms with E-state index in [1.165, 1.54) is 16.7 Å². The van der Waals surface area contributed by atoms with Gasteiger partial charge in [0.1, 0.15) is 0 Å². The summed E-state index contributed by atoms with van der Waals surface area (Å²) in [5.41, 5.74) is 5.89. The molecular formula is C14H17ClO. The minimum atomic E-state index is 0.152. The summed E-state index contributed by atoms with van der Waals surface area (Å²) in [7, 11) is 0. The number of fused-ring (bicyclic) bond motifs is 1. The van der Waals surface area contributed by atoms with E-state index in [0.717, 1.165) is 24.0 Å². The van der Waals surface area contributed by atoms with Crippen LogP contribution < -0.4 is 0 Å². The van der Waals surface area contributed by atoms with E-state index in [-0.39, 0.29) is 5.92 Å². The van der Waals surface area contributed by atoms with Gasteiger partial charge in [0.2, 0.25) is 0 Å². The Morgan fingerprint density at radius 1 is 1.44 bits per heavy atom. The minimum Gasteiger partial charge on any atom is -0.294 e. The maximum atomic E-state index is 12.1. The van der Waals surface area contributed by atoms with Crippen LogP contribution >= 0.6 is 11.6 Å². The van der Waals surface area contributed by atoms with E-state index in [0.29, 0.717) is 11.7 Å². The van der Waals surface area contributed by atoms with Crippen LogP contribution in [-0.4, -0.2) is 11.7 Å². The molecule has 0 N–H and O–H groups in total. The fourth-order valence-corrected chi connectivity index (χ4v) is 2.95. The largest absolute Gasteiger partial charge is 0.294 e. The predicted molar refractivity (Wildman–Crippen MR) is 67.5 cm³/mol. The molecule has 0 saturated heterocycles. The number of benzene rings is 1. The van der Waals surface area contributed by atoms with Crippen molar-refractivity contribution in [1.82, 2.24) is 0 Å². The highest BCUT2D eigenvalue weighted by molar-refractivity contribution is 6.18. The Labute approximate surface area is 102 Å². The Morgan fingerprint density at radius 2 is 2.12 bits per heavy atom. The number of alkyl halides is 1. The first-order chi connectivity index (χ1) is 7.56. The van der Waals surface area contributed by atoms with Crippen LogP contribution in [0.1, 0.15) is 39.5 Å². The predicted octanol–water partition coefficient (Wildman–Crippen LogP) is 3.46. The molecule has 2 rings (SSSR count). The van der Waals surface area contributed by atoms with E-state index in [2.05, 4.69) is 19.9 Å². The number of aryl methyl sites for hydroxylation is 1. The third kappa shape index (κ3) is 1.67. The second kappa shape index (κ2) is 4.21. The first kappa shape index (κ1) is 11.7. The van der Waals surface area contributed by atoms with Crippen molar-refractivity contribution >= 4 is 17.4 Å².